The van der Waals surface area contributed by atoms with Gasteiger partial charge in [0.25, 0.3) is 0 Å². The maximum atomic E-state index is 2.24. The van der Waals surface area contributed by atoms with Crippen molar-refractivity contribution < 1.29 is 0 Å². The van der Waals surface area contributed by atoms with Crippen LogP contribution < -0.4 is 16.4 Å². The van der Waals surface area contributed by atoms with Crippen LogP contribution in [0.25, 0.3) is 0 Å². The number of hydrogen-bond acceptors (Lipinski definition) is 0. The second-order valence-electron chi connectivity index (χ2n) is 5.17. The lowest BCUT2D eigenvalue weighted by Gasteiger charge is -2.15. The van der Waals surface area contributed by atoms with Crippen LogP contribution in [0, 0.1) is 6.92 Å². The minimum atomic E-state index is 0.304. The van der Waals surface area contributed by atoms with Gasteiger partial charge in [0.2, 0.25) is 6.71 Å². The van der Waals surface area contributed by atoms with Crippen molar-refractivity contribution >= 4 is 23.1 Å². The largest absolute Gasteiger partial charge is 0.241 e. The second kappa shape index (κ2) is 8.24. The maximum Gasteiger partial charge on any atom is 0.241 e. The number of aryl methyl sites for hydroxylation is 1. The number of rotatable bonds is 3. The van der Waals surface area contributed by atoms with Crippen molar-refractivity contribution in [2.75, 3.05) is 0 Å². The summed E-state index contributed by atoms with van der Waals surface area (Å²) in [5, 5.41) is 0. The van der Waals surface area contributed by atoms with Crippen molar-refractivity contribution in [3.05, 3.63) is 90.5 Å². The second-order valence-corrected chi connectivity index (χ2v) is 5.17. The summed E-state index contributed by atoms with van der Waals surface area (Å²) in [6.07, 6.45) is 0. The summed E-state index contributed by atoms with van der Waals surface area (Å²) in [6, 6.07) is 30.3. The molecule has 0 aliphatic heterocycles. The fourth-order valence-corrected chi connectivity index (χ4v) is 2.63. The summed E-state index contributed by atoms with van der Waals surface area (Å²) in [7, 11) is 0. The zero-order valence-electron chi connectivity index (χ0n) is 13.7. The molecule has 0 atom stereocenters. The van der Waals surface area contributed by atoms with E-state index in [1.807, 2.05) is 13.8 Å². The first-order valence-electron chi connectivity index (χ1n) is 8.01. The van der Waals surface area contributed by atoms with E-state index in [1.165, 1.54) is 22.0 Å². The molecule has 0 bridgehead atoms. The molecule has 0 N–H and O–H groups in total. The highest BCUT2D eigenvalue weighted by Gasteiger charge is 2.20. The van der Waals surface area contributed by atoms with Gasteiger partial charge in [-0.25, -0.2) is 0 Å². The van der Waals surface area contributed by atoms with Gasteiger partial charge in [-0.05, 0) is 6.92 Å². The molecular weight excluding hydrogens is 263 g/mol. The third kappa shape index (κ3) is 3.88. The first kappa shape index (κ1) is 16.1. The molecular formula is C21H23B. The number of benzene rings is 3. The fraction of sp³-hybridized carbons (Fsp3) is 0.143. The van der Waals surface area contributed by atoms with Gasteiger partial charge in [-0.15, -0.1) is 0 Å². The Bertz CT molecular complexity index is 618. The molecule has 0 nitrogen and oxygen atoms in total. The van der Waals surface area contributed by atoms with Crippen molar-refractivity contribution in [1.82, 2.24) is 0 Å². The fourth-order valence-electron chi connectivity index (χ4n) is 2.63. The molecule has 0 amide bonds. The first-order valence-corrected chi connectivity index (χ1v) is 8.01. The van der Waals surface area contributed by atoms with Crippen LogP contribution in [-0.2, 0) is 0 Å². The summed E-state index contributed by atoms with van der Waals surface area (Å²) >= 11 is 0. The zero-order chi connectivity index (χ0) is 15.8. The van der Waals surface area contributed by atoms with E-state index in [0.717, 1.165) is 0 Å². The lowest BCUT2D eigenvalue weighted by molar-refractivity contribution is 1.49. The van der Waals surface area contributed by atoms with Crippen LogP contribution in [0.1, 0.15) is 19.4 Å². The molecule has 0 aliphatic rings. The summed E-state index contributed by atoms with van der Waals surface area (Å²) in [5.41, 5.74) is 5.31. The SMILES string of the molecule is CC.Cc1ccc(B(c2ccccc2)c2ccccc2)cc1. The van der Waals surface area contributed by atoms with Crippen LogP contribution in [0.15, 0.2) is 84.9 Å². The maximum absolute atomic E-state index is 2.24. The molecule has 0 unspecified atom stereocenters. The Hall–Kier alpha value is -2.28. The van der Waals surface area contributed by atoms with E-state index in [1.54, 1.807) is 0 Å². The van der Waals surface area contributed by atoms with Gasteiger partial charge < -0.3 is 0 Å². The van der Waals surface area contributed by atoms with Crippen molar-refractivity contribution in [2.45, 2.75) is 20.8 Å². The van der Waals surface area contributed by atoms with Crippen molar-refractivity contribution in [1.29, 1.82) is 0 Å². The van der Waals surface area contributed by atoms with Gasteiger partial charge in [0.15, 0.2) is 0 Å². The highest BCUT2D eigenvalue weighted by Crippen LogP contribution is 1.98. The third-order valence-corrected chi connectivity index (χ3v) is 3.68. The first-order chi connectivity index (χ1) is 10.8. The predicted octanol–water partition coefficient (Wildman–Crippen LogP) is 3.54. The quantitative estimate of drug-likeness (QED) is 0.646. The van der Waals surface area contributed by atoms with Crippen LogP contribution in [0.2, 0.25) is 0 Å². The smallest absolute Gasteiger partial charge is 0.0687 e. The third-order valence-electron chi connectivity index (χ3n) is 3.68. The average Bonchev–Trinajstić information content (AvgIpc) is 2.61. The van der Waals surface area contributed by atoms with Gasteiger partial charge >= 0.3 is 0 Å². The van der Waals surface area contributed by atoms with Crippen LogP contribution >= 0.6 is 0 Å². The lowest BCUT2D eigenvalue weighted by atomic mass is 9.37. The Morgan fingerprint density at radius 2 is 0.864 bits per heavy atom. The van der Waals surface area contributed by atoms with E-state index >= 15 is 0 Å². The standard InChI is InChI=1S/C19H17B.C2H6/c1-16-12-14-19(15-13-16)20(17-8-4-2-5-9-17)18-10-6-3-7-11-18;1-2/h2-15H,1H3;1-2H3. The van der Waals surface area contributed by atoms with Gasteiger partial charge in [0.1, 0.15) is 0 Å². The van der Waals surface area contributed by atoms with Gasteiger partial charge in [0, 0.05) is 0 Å². The van der Waals surface area contributed by atoms with E-state index in [4.69, 9.17) is 0 Å². The molecule has 3 rings (SSSR count). The topological polar surface area (TPSA) is 0 Å². The molecule has 0 saturated heterocycles. The van der Waals surface area contributed by atoms with Gasteiger partial charge in [-0.3, -0.25) is 0 Å². The number of hydrogen-bond donors (Lipinski definition) is 0. The van der Waals surface area contributed by atoms with Gasteiger partial charge in [-0.1, -0.05) is 121 Å². The summed E-state index contributed by atoms with van der Waals surface area (Å²) < 4.78 is 0. The van der Waals surface area contributed by atoms with E-state index in [0.29, 0.717) is 6.71 Å². The Morgan fingerprint density at radius 3 is 1.27 bits per heavy atom. The minimum absolute atomic E-state index is 0.304. The zero-order valence-corrected chi connectivity index (χ0v) is 13.7. The monoisotopic (exact) mass is 286 g/mol. The summed E-state index contributed by atoms with van der Waals surface area (Å²) in [5.74, 6) is 0. The van der Waals surface area contributed by atoms with Crippen molar-refractivity contribution in [3.8, 4) is 0 Å². The lowest BCUT2D eigenvalue weighted by Crippen LogP contribution is -2.51. The van der Waals surface area contributed by atoms with E-state index in [-0.39, 0.29) is 0 Å². The Kier molecular flexibility index (Phi) is 6.03. The van der Waals surface area contributed by atoms with Crippen LogP contribution in [0.3, 0.4) is 0 Å². The summed E-state index contributed by atoms with van der Waals surface area (Å²) in [6.45, 7) is 6.43. The Labute approximate surface area is 134 Å². The van der Waals surface area contributed by atoms with Crippen LogP contribution in [-0.4, -0.2) is 6.71 Å². The highest BCUT2D eigenvalue weighted by molar-refractivity contribution is 6.95. The molecule has 1 heteroatoms. The minimum Gasteiger partial charge on any atom is -0.0687 e. The average molecular weight is 286 g/mol. The van der Waals surface area contributed by atoms with E-state index in [9.17, 15) is 0 Å². The molecule has 3 aromatic rings. The molecule has 3 aromatic carbocycles. The van der Waals surface area contributed by atoms with Gasteiger partial charge in [-0.2, -0.15) is 0 Å². The Morgan fingerprint density at radius 1 is 0.500 bits per heavy atom. The normalized spacial score (nSPS) is 9.59. The molecule has 0 radical (unpaired) electrons. The van der Waals surface area contributed by atoms with Crippen LogP contribution in [0.5, 0.6) is 0 Å². The molecule has 0 saturated carbocycles. The molecule has 0 aromatic heterocycles. The highest BCUT2D eigenvalue weighted by atomic mass is 14.0. The molecule has 110 valence electrons. The molecule has 0 aliphatic carbocycles. The Balaban J connectivity index is 0.000000847. The summed E-state index contributed by atoms with van der Waals surface area (Å²) in [4.78, 5) is 0. The molecule has 0 spiro atoms. The van der Waals surface area contributed by atoms with Gasteiger partial charge in [0.05, 0.1) is 0 Å². The molecule has 0 heterocycles. The molecule has 0 fully saturated rings. The van der Waals surface area contributed by atoms with Crippen molar-refractivity contribution in [3.63, 3.8) is 0 Å². The predicted molar refractivity (Wildman–Crippen MR) is 100 cm³/mol. The van der Waals surface area contributed by atoms with Crippen LogP contribution in [0.4, 0.5) is 0 Å². The van der Waals surface area contributed by atoms with E-state index in [2.05, 4.69) is 91.9 Å². The molecule has 22 heavy (non-hydrogen) atoms. The van der Waals surface area contributed by atoms with E-state index < -0.39 is 0 Å². The van der Waals surface area contributed by atoms with Crippen molar-refractivity contribution in [2.24, 2.45) is 0 Å².